The lowest BCUT2D eigenvalue weighted by molar-refractivity contribution is 0.0701. The van der Waals surface area contributed by atoms with Crippen LogP contribution in [0.4, 0.5) is 8.78 Å². The predicted molar refractivity (Wildman–Crippen MR) is 85.7 cm³/mol. The van der Waals surface area contributed by atoms with Gasteiger partial charge in [0.25, 0.3) is 10.0 Å². The largest absolute Gasteiger partial charge is 0.477 e. The molecular weight excluding hydrogens is 360 g/mol. The molecule has 0 saturated carbocycles. The molecule has 5 nitrogen and oxygen atoms in total. The summed E-state index contributed by atoms with van der Waals surface area (Å²) in [6.07, 6.45) is 0. The summed E-state index contributed by atoms with van der Waals surface area (Å²) in [5.41, 5.74) is 0.631. The molecule has 1 heterocycles. The summed E-state index contributed by atoms with van der Waals surface area (Å²) < 4.78 is 52.6. The maximum absolute atomic E-state index is 13.4. The number of carboxylic acid groups (broad SMARTS) is 1. The van der Waals surface area contributed by atoms with Gasteiger partial charge in [-0.05, 0) is 43.2 Å². The molecule has 1 aromatic carbocycles. The number of hydrogen-bond acceptors (Lipinski definition) is 4. The van der Waals surface area contributed by atoms with Crippen molar-refractivity contribution in [2.45, 2.75) is 24.1 Å². The van der Waals surface area contributed by atoms with Crippen molar-refractivity contribution in [3.63, 3.8) is 0 Å². The molecule has 0 radical (unpaired) electrons. The van der Waals surface area contributed by atoms with Gasteiger partial charge in [0.15, 0.2) is 11.6 Å². The van der Waals surface area contributed by atoms with Crippen molar-refractivity contribution in [2.75, 3.05) is 7.05 Å². The summed E-state index contributed by atoms with van der Waals surface area (Å²) in [6.45, 7) is 3.04. The number of aromatic carboxylic acids is 1. The molecule has 1 unspecified atom stereocenters. The maximum atomic E-state index is 13.4. The molecule has 2 aromatic rings. The fraction of sp³-hybridized carbons (Fsp3) is 0.267. The number of sulfonamides is 1. The van der Waals surface area contributed by atoms with Gasteiger partial charge in [0, 0.05) is 13.1 Å². The third kappa shape index (κ3) is 3.33. The molecule has 0 spiro atoms. The lowest BCUT2D eigenvalue weighted by Gasteiger charge is -2.24. The molecule has 1 aromatic heterocycles. The van der Waals surface area contributed by atoms with E-state index in [1.54, 1.807) is 0 Å². The fourth-order valence-corrected chi connectivity index (χ4v) is 5.04. The smallest absolute Gasteiger partial charge is 0.346 e. The fourth-order valence-electron chi connectivity index (χ4n) is 2.12. The summed E-state index contributed by atoms with van der Waals surface area (Å²) >= 11 is 0.658. The summed E-state index contributed by atoms with van der Waals surface area (Å²) in [5, 5.41) is 9.05. The molecule has 0 fully saturated rings. The number of carbonyl (C=O) groups is 1. The zero-order chi connectivity index (χ0) is 18.2. The lowest BCUT2D eigenvalue weighted by atomic mass is 10.1. The molecule has 2 rings (SSSR count). The van der Waals surface area contributed by atoms with E-state index in [-0.39, 0.29) is 14.6 Å². The minimum absolute atomic E-state index is 0.0533. The van der Waals surface area contributed by atoms with Crippen molar-refractivity contribution >= 4 is 27.3 Å². The van der Waals surface area contributed by atoms with E-state index < -0.39 is 33.7 Å². The summed E-state index contributed by atoms with van der Waals surface area (Å²) in [6, 6.07) is 3.70. The Morgan fingerprint density at radius 3 is 2.38 bits per heavy atom. The normalized spacial score (nSPS) is 13.2. The van der Waals surface area contributed by atoms with Crippen LogP contribution in [0.15, 0.2) is 28.5 Å². The van der Waals surface area contributed by atoms with Crippen LogP contribution in [0.5, 0.6) is 0 Å². The van der Waals surface area contributed by atoms with Gasteiger partial charge in [-0.2, -0.15) is 4.31 Å². The highest BCUT2D eigenvalue weighted by molar-refractivity contribution is 7.91. The molecular formula is C15H15F2NO4S2. The van der Waals surface area contributed by atoms with Crippen molar-refractivity contribution < 1.29 is 27.1 Å². The van der Waals surface area contributed by atoms with Crippen LogP contribution in [0.3, 0.4) is 0 Å². The van der Waals surface area contributed by atoms with E-state index in [9.17, 15) is 22.0 Å². The second kappa shape index (κ2) is 6.58. The SMILES string of the molecule is Cc1cc(S(=O)(=O)N(C)C(C)c2ccc(F)c(F)c2)sc1C(=O)O. The molecule has 0 aliphatic rings. The standard InChI is InChI=1S/C15H15F2NO4S2/c1-8-6-13(23-14(8)15(19)20)24(21,22)18(3)9(2)10-4-5-11(16)12(17)7-10/h4-7,9H,1-3H3,(H,19,20). The summed E-state index contributed by atoms with van der Waals surface area (Å²) in [7, 11) is -2.67. The van der Waals surface area contributed by atoms with Crippen molar-refractivity contribution in [1.82, 2.24) is 4.31 Å². The van der Waals surface area contributed by atoms with Crippen LogP contribution in [-0.2, 0) is 10.0 Å². The Morgan fingerprint density at radius 2 is 1.88 bits per heavy atom. The monoisotopic (exact) mass is 375 g/mol. The first-order valence-electron chi connectivity index (χ1n) is 6.82. The van der Waals surface area contributed by atoms with Crippen molar-refractivity contribution in [3.8, 4) is 0 Å². The minimum Gasteiger partial charge on any atom is -0.477 e. The Labute approximate surface area is 142 Å². The third-order valence-corrected chi connectivity index (χ3v) is 7.30. The van der Waals surface area contributed by atoms with E-state index in [2.05, 4.69) is 0 Å². The van der Waals surface area contributed by atoms with E-state index in [4.69, 9.17) is 5.11 Å². The van der Waals surface area contributed by atoms with Gasteiger partial charge in [-0.3, -0.25) is 0 Å². The first-order valence-corrected chi connectivity index (χ1v) is 9.08. The zero-order valence-corrected chi connectivity index (χ0v) is 14.7. The van der Waals surface area contributed by atoms with Crippen LogP contribution >= 0.6 is 11.3 Å². The number of benzene rings is 1. The molecule has 0 amide bonds. The van der Waals surface area contributed by atoms with Gasteiger partial charge in [0.2, 0.25) is 0 Å². The number of thiophene rings is 1. The molecule has 130 valence electrons. The first-order chi connectivity index (χ1) is 11.1. The topological polar surface area (TPSA) is 74.7 Å². The number of rotatable bonds is 5. The molecule has 1 atom stereocenters. The van der Waals surface area contributed by atoms with E-state index in [0.29, 0.717) is 16.9 Å². The van der Waals surface area contributed by atoms with E-state index in [1.807, 2.05) is 0 Å². The molecule has 24 heavy (non-hydrogen) atoms. The molecule has 0 aliphatic carbocycles. The molecule has 0 bridgehead atoms. The molecule has 9 heteroatoms. The summed E-state index contributed by atoms with van der Waals surface area (Å²) in [5.74, 6) is -3.28. The van der Waals surface area contributed by atoms with E-state index in [0.717, 1.165) is 16.4 Å². The Morgan fingerprint density at radius 1 is 1.25 bits per heavy atom. The number of nitrogens with zero attached hydrogens (tertiary/aromatic N) is 1. The highest BCUT2D eigenvalue weighted by Crippen LogP contribution is 2.32. The van der Waals surface area contributed by atoms with Gasteiger partial charge in [-0.15, -0.1) is 11.3 Å². The Kier molecular flexibility index (Phi) is 5.07. The Bertz CT molecular complexity index is 893. The van der Waals surface area contributed by atoms with Crippen LogP contribution in [0.2, 0.25) is 0 Å². The van der Waals surface area contributed by atoms with Gasteiger partial charge < -0.3 is 5.11 Å². The molecule has 1 N–H and O–H groups in total. The zero-order valence-electron chi connectivity index (χ0n) is 13.1. The number of aryl methyl sites for hydroxylation is 1. The second-order valence-corrected chi connectivity index (χ2v) is 8.53. The maximum Gasteiger partial charge on any atom is 0.346 e. The van der Waals surface area contributed by atoms with Crippen molar-refractivity contribution in [1.29, 1.82) is 0 Å². The second-order valence-electron chi connectivity index (χ2n) is 5.25. The van der Waals surface area contributed by atoms with Crippen molar-refractivity contribution in [2.24, 2.45) is 0 Å². The van der Waals surface area contributed by atoms with Crippen LogP contribution < -0.4 is 0 Å². The summed E-state index contributed by atoms with van der Waals surface area (Å²) in [4.78, 5) is 11.0. The quantitative estimate of drug-likeness (QED) is 0.869. The van der Waals surface area contributed by atoms with Gasteiger partial charge in [0.05, 0.1) is 0 Å². The van der Waals surface area contributed by atoms with Gasteiger partial charge in [0.1, 0.15) is 9.09 Å². The van der Waals surface area contributed by atoms with Crippen molar-refractivity contribution in [3.05, 3.63) is 51.9 Å². The van der Waals surface area contributed by atoms with Crippen LogP contribution in [-0.4, -0.2) is 30.8 Å². The predicted octanol–water partition coefficient (Wildman–Crippen LogP) is 3.41. The van der Waals surface area contributed by atoms with Gasteiger partial charge in [-0.1, -0.05) is 6.07 Å². The van der Waals surface area contributed by atoms with Crippen LogP contribution in [0.1, 0.15) is 33.8 Å². The average Bonchev–Trinajstić information content (AvgIpc) is 2.91. The highest BCUT2D eigenvalue weighted by Gasteiger charge is 2.30. The Hall–Kier alpha value is -1.84. The number of halogens is 2. The number of carboxylic acids is 1. The van der Waals surface area contributed by atoms with Crippen LogP contribution in [0.25, 0.3) is 0 Å². The molecule has 0 saturated heterocycles. The third-order valence-electron chi connectivity index (χ3n) is 3.69. The minimum atomic E-state index is -3.97. The van der Waals surface area contributed by atoms with E-state index >= 15 is 0 Å². The molecule has 0 aliphatic heterocycles. The average molecular weight is 375 g/mol. The Balaban J connectivity index is 2.39. The highest BCUT2D eigenvalue weighted by atomic mass is 32.2. The lowest BCUT2D eigenvalue weighted by Crippen LogP contribution is -2.29. The number of hydrogen-bond donors (Lipinski definition) is 1. The van der Waals surface area contributed by atoms with Crippen LogP contribution in [0, 0.1) is 18.6 Å². The van der Waals surface area contributed by atoms with E-state index in [1.165, 1.54) is 33.0 Å². The van der Waals surface area contributed by atoms with Gasteiger partial charge >= 0.3 is 5.97 Å². The first kappa shape index (κ1) is 18.5. The van der Waals surface area contributed by atoms with Gasteiger partial charge in [-0.25, -0.2) is 22.0 Å².